The topological polar surface area (TPSA) is 29.5 Å². The van der Waals surface area contributed by atoms with Gasteiger partial charge in [0.15, 0.2) is 0 Å². The second kappa shape index (κ2) is 6.02. The van der Waals surface area contributed by atoms with E-state index in [0.717, 1.165) is 19.4 Å². The number of fused-ring (bicyclic) bond motifs is 1. The van der Waals surface area contributed by atoms with Crippen molar-refractivity contribution < 1.29 is 9.53 Å². The lowest BCUT2D eigenvalue weighted by Gasteiger charge is -2.24. The first-order chi connectivity index (χ1) is 9.13. The van der Waals surface area contributed by atoms with E-state index in [1.165, 1.54) is 18.2 Å². The Bertz CT molecular complexity index is 493. The van der Waals surface area contributed by atoms with Crippen LogP contribution in [0.15, 0.2) is 35.9 Å². The summed E-state index contributed by atoms with van der Waals surface area (Å²) in [5.74, 6) is -0.250. The number of carbonyl (C=O) groups excluding carboxylic acids is 1. The van der Waals surface area contributed by atoms with E-state index >= 15 is 0 Å². The first kappa shape index (κ1) is 13.8. The maximum atomic E-state index is 11.3. The number of ether oxygens (including phenoxy) is 1. The van der Waals surface area contributed by atoms with Crippen LogP contribution in [0.25, 0.3) is 0 Å². The molecule has 0 aromatic heterocycles. The van der Waals surface area contributed by atoms with Gasteiger partial charge in [-0.1, -0.05) is 30.3 Å². The molecule has 3 nitrogen and oxygen atoms in total. The van der Waals surface area contributed by atoms with Crippen LogP contribution in [-0.4, -0.2) is 31.6 Å². The Kier molecular flexibility index (Phi) is 4.38. The molecular formula is C16H21NO2. The van der Waals surface area contributed by atoms with Crippen molar-refractivity contribution in [1.82, 2.24) is 4.90 Å². The molecule has 1 aromatic carbocycles. The van der Waals surface area contributed by atoms with E-state index in [9.17, 15) is 4.79 Å². The Morgan fingerprint density at radius 2 is 2.21 bits per heavy atom. The lowest BCUT2D eigenvalue weighted by Crippen LogP contribution is -2.23. The zero-order chi connectivity index (χ0) is 13.8. The number of hydrogen-bond donors (Lipinski definition) is 0. The largest absolute Gasteiger partial charge is 0.466 e. The van der Waals surface area contributed by atoms with Gasteiger partial charge in [0.05, 0.1) is 7.11 Å². The first-order valence-electron chi connectivity index (χ1n) is 6.66. The molecule has 1 aliphatic carbocycles. The number of hydrogen-bond acceptors (Lipinski definition) is 3. The highest BCUT2D eigenvalue weighted by atomic mass is 16.5. The Labute approximate surface area is 114 Å². The van der Waals surface area contributed by atoms with Gasteiger partial charge in [0.25, 0.3) is 0 Å². The fraction of sp³-hybridized carbons (Fsp3) is 0.438. The van der Waals surface area contributed by atoms with Crippen molar-refractivity contribution in [3.8, 4) is 0 Å². The standard InChI is InChI=1S/C16H21NO2/c1-12(16(18)19-3)10-11-17(2)15-9-8-13-6-4-5-7-14(13)15/h4-7,10,15H,8-9,11H2,1-3H3/b12-10+/t15-/m0/s1. The molecule has 1 aliphatic rings. The van der Waals surface area contributed by atoms with Crippen LogP contribution in [0.5, 0.6) is 0 Å². The second-order valence-electron chi connectivity index (χ2n) is 5.07. The van der Waals surface area contributed by atoms with Crippen LogP contribution in [0.3, 0.4) is 0 Å². The summed E-state index contributed by atoms with van der Waals surface area (Å²) in [4.78, 5) is 13.6. The van der Waals surface area contributed by atoms with Crippen molar-refractivity contribution in [2.45, 2.75) is 25.8 Å². The monoisotopic (exact) mass is 259 g/mol. The quantitative estimate of drug-likeness (QED) is 0.615. The molecule has 0 unspecified atom stereocenters. The highest BCUT2D eigenvalue weighted by Crippen LogP contribution is 2.34. The molecule has 102 valence electrons. The Hall–Kier alpha value is -1.61. The van der Waals surface area contributed by atoms with Gasteiger partial charge in [0.1, 0.15) is 0 Å². The van der Waals surface area contributed by atoms with Crippen LogP contribution in [0.2, 0.25) is 0 Å². The molecule has 0 fully saturated rings. The number of methoxy groups -OCH3 is 1. The smallest absolute Gasteiger partial charge is 0.333 e. The fourth-order valence-corrected chi connectivity index (χ4v) is 2.64. The van der Waals surface area contributed by atoms with Gasteiger partial charge in [-0.05, 0) is 37.9 Å². The summed E-state index contributed by atoms with van der Waals surface area (Å²) in [5.41, 5.74) is 3.54. The SMILES string of the molecule is COC(=O)/C(C)=C/CN(C)[C@H]1CCc2ccccc21. The van der Waals surface area contributed by atoms with Gasteiger partial charge in [-0.15, -0.1) is 0 Å². The van der Waals surface area contributed by atoms with Gasteiger partial charge in [-0.25, -0.2) is 4.79 Å². The molecule has 0 saturated carbocycles. The minimum absolute atomic E-state index is 0.250. The summed E-state index contributed by atoms with van der Waals surface area (Å²) < 4.78 is 4.70. The Morgan fingerprint density at radius 1 is 1.47 bits per heavy atom. The fourth-order valence-electron chi connectivity index (χ4n) is 2.64. The predicted molar refractivity (Wildman–Crippen MR) is 75.9 cm³/mol. The zero-order valence-electron chi connectivity index (χ0n) is 11.8. The molecule has 0 bridgehead atoms. The van der Waals surface area contributed by atoms with Crippen molar-refractivity contribution >= 4 is 5.97 Å². The van der Waals surface area contributed by atoms with E-state index < -0.39 is 0 Å². The highest BCUT2D eigenvalue weighted by Gasteiger charge is 2.24. The average molecular weight is 259 g/mol. The maximum absolute atomic E-state index is 11.3. The molecule has 2 rings (SSSR count). The van der Waals surface area contributed by atoms with Gasteiger partial charge < -0.3 is 4.74 Å². The van der Waals surface area contributed by atoms with E-state index in [-0.39, 0.29) is 5.97 Å². The van der Waals surface area contributed by atoms with Crippen molar-refractivity contribution in [2.75, 3.05) is 20.7 Å². The summed E-state index contributed by atoms with van der Waals surface area (Å²) in [6, 6.07) is 9.07. The predicted octanol–water partition coefficient (Wildman–Crippen LogP) is 2.73. The summed E-state index contributed by atoms with van der Waals surface area (Å²) in [7, 11) is 3.52. The minimum Gasteiger partial charge on any atom is -0.466 e. The van der Waals surface area contributed by atoms with Gasteiger partial charge in [-0.2, -0.15) is 0 Å². The van der Waals surface area contributed by atoms with E-state index in [1.807, 2.05) is 6.08 Å². The van der Waals surface area contributed by atoms with Crippen LogP contribution < -0.4 is 0 Å². The molecular weight excluding hydrogens is 238 g/mol. The van der Waals surface area contributed by atoms with Crippen molar-refractivity contribution in [2.24, 2.45) is 0 Å². The minimum atomic E-state index is -0.250. The third-order valence-corrected chi connectivity index (χ3v) is 3.83. The summed E-state index contributed by atoms with van der Waals surface area (Å²) in [6.07, 6.45) is 4.23. The number of esters is 1. The van der Waals surface area contributed by atoms with Crippen LogP contribution in [-0.2, 0) is 16.0 Å². The normalized spacial score (nSPS) is 18.5. The lowest BCUT2D eigenvalue weighted by molar-refractivity contribution is -0.136. The molecule has 0 N–H and O–H groups in total. The third-order valence-electron chi connectivity index (χ3n) is 3.83. The van der Waals surface area contributed by atoms with Crippen LogP contribution >= 0.6 is 0 Å². The zero-order valence-corrected chi connectivity index (χ0v) is 11.8. The van der Waals surface area contributed by atoms with Crippen LogP contribution in [0.4, 0.5) is 0 Å². The Morgan fingerprint density at radius 3 is 2.95 bits per heavy atom. The van der Waals surface area contributed by atoms with Gasteiger partial charge >= 0.3 is 5.97 Å². The number of nitrogens with zero attached hydrogens (tertiary/aromatic N) is 1. The molecule has 0 saturated heterocycles. The molecule has 19 heavy (non-hydrogen) atoms. The molecule has 0 spiro atoms. The number of likely N-dealkylation sites (N-methyl/N-ethyl adjacent to an activating group) is 1. The number of carbonyl (C=O) groups is 1. The van der Waals surface area contributed by atoms with E-state index in [0.29, 0.717) is 11.6 Å². The third kappa shape index (κ3) is 3.04. The van der Waals surface area contributed by atoms with E-state index in [1.54, 1.807) is 6.92 Å². The summed E-state index contributed by atoms with van der Waals surface area (Å²) in [6.45, 7) is 2.56. The molecule has 3 heteroatoms. The lowest BCUT2D eigenvalue weighted by atomic mass is 10.1. The Balaban J connectivity index is 2.02. The molecule has 0 radical (unpaired) electrons. The van der Waals surface area contributed by atoms with Crippen molar-refractivity contribution in [3.63, 3.8) is 0 Å². The molecule has 1 atom stereocenters. The van der Waals surface area contributed by atoms with Gasteiger partial charge in [0.2, 0.25) is 0 Å². The number of rotatable bonds is 4. The molecule has 0 amide bonds. The van der Waals surface area contributed by atoms with Crippen LogP contribution in [0, 0.1) is 0 Å². The highest BCUT2D eigenvalue weighted by molar-refractivity contribution is 5.87. The molecule has 1 aromatic rings. The summed E-state index contributed by atoms with van der Waals surface area (Å²) in [5, 5.41) is 0. The van der Waals surface area contributed by atoms with Crippen LogP contribution in [0.1, 0.15) is 30.5 Å². The molecule has 0 heterocycles. The van der Waals surface area contributed by atoms with Crippen molar-refractivity contribution in [3.05, 3.63) is 47.0 Å². The molecule has 0 aliphatic heterocycles. The van der Waals surface area contributed by atoms with E-state index in [2.05, 4.69) is 36.2 Å². The second-order valence-corrected chi connectivity index (χ2v) is 5.07. The van der Waals surface area contributed by atoms with Crippen molar-refractivity contribution in [1.29, 1.82) is 0 Å². The van der Waals surface area contributed by atoms with Gasteiger partial charge in [-0.3, -0.25) is 4.90 Å². The van der Waals surface area contributed by atoms with Gasteiger partial charge in [0, 0.05) is 18.2 Å². The maximum Gasteiger partial charge on any atom is 0.333 e. The average Bonchev–Trinajstić information content (AvgIpc) is 2.87. The summed E-state index contributed by atoms with van der Waals surface area (Å²) >= 11 is 0. The number of benzene rings is 1. The van der Waals surface area contributed by atoms with E-state index in [4.69, 9.17) is 4.74 Å². The first-order valence-corrected chi connectivity index (χ1v) is 6.66. The number of aryl methyl sites for hydroxylation is 1.